The molecular weight excluding hydrogens is 256 g/mol. The van der Waals surface area contributed by atoms with Crippen molar-refractivity contribution in [2.75, 3.05) is 17.2 Å². The quantitative estimate of drug-likeness (QED) is 0.668. The van der Waals surface area contributed by atoms with Crippen LogP contribution in [0.3, 0.4) is 0 Å². The Kier molecular flexibility index (Phi) is 4.57. The lowest BCUT2D eigenvalue weighted by Crippen LogP contribution is -2.29. The molecule has 0 unspecified atom stereocenters. The van der Waals surface area contributed by atoms with Crippen LogP contribution < -0.4 is 22.1 Å². The number of carbonyl (C=O) groups excluding carboxylic acids is 2. The number of nitrogens with one attached hydrogen (secondary N) is 2. The van der Waals surface area contributed by atoms with Crippen molar-refractivity contribution in [1.29, 1.82) is 0 Å². The number of benzene rings is 1. The monoisotopic (exact) mass is 276 g/mol. The van der Waals surface area contributed by atoms with Gasteiger partial charge in [0.1, 0.15) is 0 Å². The number of anilines is 2. The molecule has 1 aromatic carbocycles. The largest absolute Gasteiger partial charge is 0.351 e. The molecule has 20 heavy (non-hydrogen) atoms. The van der Waals surface area contributed by atoms with Gasteiger partial charge in [-0.05, 0) is 43.5 Å². The van der Waals surface area contributed by atoms with E-state index in [0.717, 1.165) is 19.3 Å². The summed E-state index contributed by atoms with van der Waals surface area (Å²) in [6, 6.07) is 6.27. The molecule has 0 saturated heterocycles. The van der Waals surface area contributed by atoms with E-state index in [0.29, 0.717) is 17.9 Å². The lowest BCUT2D eigenvalue weighted by Gasteiger charge is -2.17. The Labute approximate surface area is 117 Å². The van der Waals surface area contributed by atoms with Crippen LogP contribution in [0.1, 0.15) is 19.3 Å². The highest BCUT2D eigenvalue weighted by atomic mass is 16.2. The van der Waals surface area contributed by atoms with Gasteiger partial charge in [-0.3, -0.25) is 4.79 Å². The van der Waals surface area contributed by atoms with Gasteiger partial charge >= 0.3 is 6.03 Å². The second-order valence-electron chi connectivity index (χ2n) is 5.09. The SMILES string of the molecule is NC[C@H]1CCC[C@H]1C(=O)Nc1cccc(NC(N)=O)c1. The predicted molar refractivity (Wildman–Crippen MR) is 78.2 cm³/mol. The third-order valence-corrected chi connectivity index (χ3v) is 3.70. The first-order valence-electron chi connectivity index (χ1n) is 6.77. The highest BCUT2D eigenvalue weighted by Gasteiger charge is 2.31. The summed E-state index contributed by atoms with van der Waals surface area (Å²) >= 11 is 0. The summed E-state index contributed by atoms with van der Waals surface area (Å²) < 4.78 is 0. The van der Waals surface area contributed by atoms with Gasteiger partial charge in [-0.1, -0.05) is 12.5 Å². The van der Waals surface area contributed by atoms with Crippen molar-refractivity contribution in [2.45, 2.75) is 19.3 Å². The maximum Gasteiger partial charge on any atom is 0.316 e. The molecule has 2 atom stereocenters. The normalized spacial score (nSPS) is 21.4. The third-order valence-electron chi connectivity index (χ3n) is 3.70. The molecule has 1 aliphatic carbocycles. The first-order chi connectivity index (χ1) is 9.60. The summed E-state index contributed by atoms with van der Waals surface area (Å²) in [6.07, 6.45) is 2.94. The van der Waals surface area contributed by atoms with Crippen LogP contribution in [0.25, 0.3) is 0 Å². The van der Waals surface area contributed by atoms with Crippen molar-refractivity contribution < 1.29 is 9.59 Å². The minimum atomic E-state index is -0.632. The molecule has 0 aliphatic heterocycles. The maximum atomic E-state index is 12.2. The van der Waals surface area contributed by atoms with Crippen molar-refractivity contribution in [3.8, 4) is 0 Å². The Balaban J connectivity index is 2.02. The molecule has 0 aromatic heterocycles. The van der Waals surface area contributed by atoms with Crippen molar-refractivity contribution in [3.63, 3.8) is 0 Å². The second kappa shape index (κ2) is 6.38. The Hall–Kier alpha value is -2.08. The minimum absolute atomic E-state index is 0.00539. The Morgan fingerprint density at radius 3 is 2.55 bits per heavy atom. The van der Waals surface area contributed by atoms with Gasteiger partial charge in [0.05, 0.1) is 0 Å². The highest BCUT2D eigenvalue weighted by Crippen LogP contribution is 2.32. The fourth-order valence-electron chi connectivity index (χ4n) is 2.72. The smallest absolute Gasteiger partial charge is 0.316 e. The molecule has 6 nitrogen and oxygen atoms in total. The first kappa shape index (κ1) is 14.3. The molecule has 3 amide bonds. The topological polar surface area (TPSA) is 110 Å². The number of urea groups is 1. The summed E-state index contributed by atoms with van der Waals surface area (Å²) in [6.45, 7) is 0.543. The minimum Gasteiger partial charge on any atom is -0.351 e. The molecule has 0 spiro atoms. The Morgan fingerprint density at radius 2 is 1.90 bits per heavy atom. The van der Waals surface area contributed by atoms with Gasteiger partial charge in [0, 0.05) is 17.3 Å². The molecule has 1 aromatic rings. The van der Waals surface area contributed by atoms with Crippen LogP contribution in [0, 0.1) is 11.8 Å². The molecule has 1 fully saturated rings. The molecule has 1 saturated carbocycles. The third kappa shape index (κ3) is 3.48. The number of nitrogens with two attached hydrogens (primary N) is 2. The molecule has 1 aliphatic rings. The Morgan fingerprint density at radius 1 is 1.20 bits per heavy atom. The van der Waals surface area contributed by atoms with Crippen LogP contribution in [0.15, 0.2) is 24.3 Å². The number of hydrogen-bond acceptors (Lipinski definition) is 3. The van der Waals surface area contributed by atoms with Crippen LogP contribution >= 0.6 is 0 Å². The molecule has 6 heteroatoms. The maximum absolute atomic E-state index is 12.2. The van der Waals surface area contributed by atoms with Crippen LogP contribution in [0.5, 0.6) is 0 Å². The summed E-state index contributed by atoms with van der Waals surface area (Å²) in [5.41, 5.74) is 11.9. The standard InChI is InChI=1S/C14H20N4O2/c15-8-9-3-1-6-12(9)13(19)17-10-4-2-5-11(7-10)18-14(16)20/h2,4-5,7,9,12H,1,3,6,8,15H2,(H,17,19)(H3,16,18,20)/t9-,12-/m1/s1. The van der Waals surface area contributed by atoms with Crippen molar-refractivity contribution >= 4 is 23.3 Å². The average Bonchev–Trinajstić information content (AvgIpc) is 2.86. The van der Waals surface area contributed by atoms with Gasteiger partial charge in [0.15, 0.2) is 0 Å². The van der Waals surface area contributed by atoms with E-state index in [4.69, 9.17) is 11.5 Å². The molecular formula is C14H20N4O2. The van der Waals surface area contributed by atoms with Gasteiger partial charge in [0.25, 0.3) is 0 Å². The zero-order valence-corrected chi connectivity index (χ0v) is 11.3. The zero-order valence-electron chi connectivity index (χ0n) is 11.3. The molecule has 108 valence electrons. The number of hydrogen-bond donors (Lipinski definition) is 4. The number of amides is 3. The number of carbonyl (C=O) groups is 2. The number of primary amides is 1. The zero-order chi connectivity index (χ0) is 14.5. The summed E-state index contributed by atoms with van der Waals surface area (Å²) in [5, 5.41) is 5.35. The first-order valence-corrected chi connectivity index (χ1v) is 6.77. The van der Waals surface area contributed by atoms with E-state index in [9.17, 15) is 9.59 Å². The van der Waals surface area contributed by atoms with Crippen molar-refractivity contribution in [3.05, 3.63) is 24.3 Å². The Bertz CT molecular complexity index is 504. The van der Waals surface area contributed by atoms with Crippen LogP contribution in [-0.4, -0.2) is 18.5 Å². The lowest BCUT2D eigenvalue weighted by molar-refractivity contribution is -0.120. The predicted octanol–water partition coefficient (Wildman–Crippen LogP) is 1.49. The second-order valence-corrected chi connectivity index (χ2v) is 5.09. The fraction of sp³-hybridized carbons (Fsp3) is 0.429. The highest BCUT2D eigenvalue weighted by molar-refractivity contribution is 5.94. The van der Waals surface area contributed by atoms with E-state index in [1.165, 1.54) is 0 Å². The molecule has 0 radical (unpaired) electrons. The van der Waals surface area contributed by atoms with Crippen LogP contribution in [-0.2, 0) is 4.79 Å². The van der Waals surface area contributed by atoms with Crippen LogP contribution in [0.2, 0.25) is 0 Å². The van der Waals surface area contributed by atoms with Crippen molar-refractivity contribution in [1.82, 2.24) is 0 Å². The molecule has 6 N–H and O–H groups in total. The summed E-state index contributed by atoms with van der Waals surface area (Å²) in [7, 11) is 0. The van der Waals surface area contributed by atoms with Gasteiger partial charge < -0.3 is 22.1 Å². The van der Waals surface area contributed by atoms with Crippen molar-refractivity contribution in [2.24, 2.45) is 23.3 Å². The van der Waals surface area contributed by atoms with E-state index in [1.807, 2.05) is 0 Å². The van der Waals surface area contributed by atoms with E-state index >= 15 is 0 Å². The summed E-state index contributed by atoms with van der Waals surface area (Å²) in [4.78, 5) is 23.0. The van der Waals surface area contributed by atoms with Gasteiger partial charge in [-0.15, -0.1) is 0 Å². The molecule has 0 heterocycles. The lowest BCUT2D eigenvalue weighted by atomic mass is 9.95. The van der Waals surface area contributed by atoms with Gasteiger partial charge in [-0.25, -0.2) is 4.79 Å². The summed E-state index contributed by atoms with van der Waals surface area (Å²) in [5.74, 6) is 0.240. The molecule has 0 bridgehead atoms. The van der Waals surface area contributed by atoms with Crippen LogP contribution in [0.4, 0.5) is 16.2 Å². The van der Waals surface area contributed by atoms with Gasteiger partial charge in [0.2, 0.25) is 5.91 Å². The number of rotatable bonds is 4. The van der Waals surface area contributed by atoms with E-state index < -0.39 is 6.03 Å². The van der Waals surface area contributed by atoms with E-state index in [2.05, 4.69) is 10.6 Å². The average molecular weight is 276 g/mol. The molecule has 2 rings (SSSR count). The van der Waals surface area contributed by atoms with E-state index in [1.54, 1.807) is 24.3 Å². The van der Waals surface area contributed by atoms with E-state index in [-0.39, 0.29) is 17.7 Å². The fourth-order valence-corrected chi connectivity index (χ4v) is 2.72. The van der Waals surface area contributed by atoms with Gasteiger partial charge in [-0.2, -0.15) is 0 Å².